The fourth-order valence-electron chi connectivity index (χ4n) is 3.08. The van der Waals surface area contributed by atoms with Crippen molar-refractivity contribution >= 4 is 0 Å². The zero-order chi connectivity index (χ0) is 14.7. The Labute approximate surface area is 125 Å². The lowest BCUT2D eigenvalue weighted by atomic mass is 10.00. The predicted octanol–water partition coefficient (Wildman–Crippen LogP) is 4.07. The molecule has 1 aliphatic carbocycles. The van der Waals surface area contributed by atoms with Gasteiger partial charge in [-0.1, -0.05) is 37.3 Å². The van der Waals surface area contributed by atoms with E-state index >= 15 is 0 Å². The Hall–Kier alpha value is -1.74. The van der Waals surface area contributed by atoms with Crippen molar-refractivity contribution in [3.05, 3.63) is 65.7 Å². The fourth-order valence-corrected chi connectivity index (χ4v) is 3.08. The Morgan fingerprint density at radius 3 is 2.81 bits per heavy atom. The van der Waals surface area contributed by atoms with Crippen LogP contribution in [0.4, 0.5) is 4.39 Å². The van der Waals surface area contributed by atoms with Gasteiger partial charge in [-0.2, -0.15) is 0 Å². The van der Waals surface area contributed by atoms with Gasteiger partial charge in [-0.3, -0.25) is 4.98 Å². The van der Waals surface area contributed by atoms with Crippen LogP contribution in [0.25, 0.3) is 0 Å². The molecule has 3 atom stereocenters. The first-order chi connectivity index (χ1) is 10.3. The van der Waals surface area contributed by atoms with Gasteiger partial charge in [0.05, 0.1) is 6.20 Å². The number of nitrogens with zero attached hydrogens (tertiary/aromatic N) is 1. The van der Waals surface area contributed by atoms with Crippen molar-refractivity contribution in [3.8, 4) is 0 Å². The summed E-state index contributed by atoms with van der Waals surface area (Å²) in [5.74, 6) is 0.846. The van der Waals surface area contributed by atoms with Crippen LogP contribution in [0.15, 0.2) is 48.8 Å². The normalized spacial score (nSPS) is 22.0. The first-order valence-corrected chi connectivity index (χ1v) is 7.68. The largest absolute Gasteiger partial charge is 0.310 e. The van der Waals surface area contributed by atoms with E-state index in [1.54, 1.807) is 12.3 Å². The van der Waals surface area contributed by atoms with Crippen LogP contribution in [-0.4, -0.2) is 11.5 Å². The van der Waals surface area contributed by atoms with Crippen molar-refractivity contribution in [2.75, 3.05) is 6.54 Å². The van der Waals surface area contributed by atoms with Gasteiger partial charge >= 0.3 is 0 Å². The van der Waals surface area contributed by atoms with E-state index in [-0.39, 0.29) is 11.9 Å². The van der Waals surface area contributed by atoms with E-state index in [0.717, 1.165) is 24.9 Å². The lowest BCUT2D eigenvalue weighted by molar-refractivity contribution is 0.468. The maximum absolute atomic E-state index is 13.5. The third-order valence-corrected chi connectivity index (χ3v) is 4.20. The smallest absolute Gasteiger partial charge is 0.141 e. The van der Waals surface area contributed by atoms with E-state index in [1.165, 1.54) is 11.8 Å². The van der Waals surface area contributed by atoms with E-state index < -0.39 is 0 Å². The molecular weight excluding hydrogens is 263 g/mol. The number of halogens is 1. The Bertz CT molecular complexity index is 585. The fraction of sp³-hybridized carbons (Fsp3) is 0.389. The van der Waals surface area contributed by atoms with E-state index in [2.05, 4.69) is 41.5 Å². The second kappa shape index (κ2) is 6.35. The molecule has 1 aliphatic rings. The highest BCUT2D eigenvalue weighted by atomic mass is 19.1. The quantitative estimate of drug-likeness (QED) is 0.865. The Morgan fingerprint density at radius 1 is 1.29 bits per heavy atom. The molecule has 3 heteroatoms. The van der Waals surface area contributed by atoms with Crippen molar-refractivity contribution in [1.29, 1.82) is 0 Å². The van der Waals surface area contributed by atoms with Crippen LogP contribution in [0.2, 0.25) is 0 Å². The maximum Gasteiger partial charge on any atom is 0.141 e. The van der Waals surface area contributed by atoms with Crippen molar-refractivity contribution in [3.63, 3.8) is 0 Å². The number of nitrogens with one attached hydrogen (secondary N) is 1. The van der Waals surface area contributed by atoms with E-state index in [9.17, 15) is 4.39 Å². The summed E-state index contributed by atoms with van der Waals surface area (Å²) in [7, 11) is 0. The summed E-state index contributed by atoms with van der Waals surface area (Å²) in [6, 6.07) is 12.4. The van der Waals surface area contributed by atoms with Gasteiger partial charge in [0, 0.05) is 12.2 Å². The van der Waals surface area contributed by atoms with E-state index in [1.807, 2.05) is 6.07 Å². The number of benzene rings is 1. The highest BCUT2D eigenvalue weighted by Crippen LogP contribution is 2.53. The van der Waals surface area contributed by atoms with Crippen LogP contribution in [0.1, 0.15) is 42.9 Å². The number of aromatic nitrogens is 1. The summed E-state index contributed by atoms with van der Waals surface area (Å²) in [5, 5.41) is 3.57. The molecule has 0 spiro atoms. The number of rotatable bonds is 6. The van der Waals surface area contributed by atoms with Crippen LogP contribution in [0, 0.1) is 11.7 Å². The molecule has 0 bridgehead atoms. The molecule has 2 nitrogen and oxygen atoms in total. The highest BCUT2D eigenvalue weighted by molar-refractivity contribution is 5.29. The first-order valence-electron chi connectivity index (χ1n) is 7.68. The predicted molar refractivity (Wildman–Crippen MR) is 82.5 cm³/mol. The van der Waals surface area contributed by atoms with Gasteiger partial charge in [0.1, 0.15) is 5.82 Å². The number of pyridine rings is 1. The van der Waals surface area contributed by atoms with Gasteiger partial charge in [0.15, 0.2) is 0 Å². The lowest BCUT2D eigenvalue weighted by Crippen LogP contribution is -2.24. The Balaban J connectivity index is 1.78. The zero-order valence-electron chi connectivity index (χ0n) is 12.3. The molecule has 1 saturated carbocycles. The van der Waals surface area contributed by atoms with Crippen molar-refractivity contribution < 1.29 is 4.39 Å². The van der Waals surface area contributed by atoms with Gasteiger partial charge < -0.3 is 5.32 Å². The summed E-state index contributed by atoms with van der Waals surface area (Å²) in [5.41, 5.74) is 2.35. The minimum Gasteiger partial charge on any atom is -0.310 e. The van der Waals surface area contributed by atoms with Crippen molar-refractivity contribution in [1.82, 2.24) is 10.3 Å². The Kier molecular flexibility index (Phi) is 4.30. The number of hydrogen-bond acceptors (Lipinski definition) is 2. The third-order valence-electron chi connectivity index (χ3n) is 4.20. The van der Waals surface area contributed by atoms with Crippen LogP contribution >= 0.6 is 0 Å². The Morgan fingerprint density at radius 2 is 2.10 bits per heavy atom. The van der Waals surface area contributed by atoms with Gasteiger partial charge in [-0.25, -0.2) is 4.39 Å². The van der Waals surface area contributed by atoms with Crippen LogP contribution in [-0.2, 0) is 0 Å². The van der Waals surface area contributed by atoms with Gasteiger partial charge in [0.2, 0.25) is 0 Å². The van der Waals surface area contributed by atoms with Crippen LogP contribution in [0.5, 0.6) is 0 Å². The molecule has 0 radical (unpaired) electrons. The summed E-state index contributed by atoms with van der Waals surface area (Å²) in [6.07, 6.45) is 5.28. The standard InChI is InChI=1S/C18H21FN2/c1-2-8-21-18(14-9-15(19)12-20-11-14)17-10-16(17)13-6-4-3-5-7-13/h3-7,9,11-12,16-18,21H,2,8,10H2,1H3. The van der Waals surface area contributed by atoms with Crippen molar-refractivity contribution in [2.24, 2.45) is 5.92 Å². The molecule has 1 aromatic carbocycles. The average Bonchev–Trinajstić information content (AvgIpc) is 3.29. The molecule has 1 aromatic heterocycles. The molecule has 1 N–H and O–H groups in total. The summed E-state index contributed by atoms with van der Waals surface area (Å²) in [6.45, 7) is 3.09. The van der Waals surface area contributed by atoms with Crippen LogP contribution in [0.3, 0.4) is 0 Å². The summed E-state index contributed by atoms with van der Waals surface area (Å²) in [4.78, 5) is 4.01. The molecule has 3 rings (SSSR count). The molecule has 21 heavy (non-hydrogen) atoms. The molecular formula is C18H21FN2. The van der Waals surface area contributed by atoms with E-state index in [0.29, 0.717) is 11.8 Å². The molecule has 0 amide bonds. The molecule has 3 unspecified atom stereocenters. The highest BCUT2D eigenvalue weighted by Gasteiger charge is 2.44. The second-order valence-corrected chi connectivity index (χ2v) is 5.79. The monoisotopic (exact) mass is 284 g/mol. The minimum absolute atomic E-state index is 0.193. The molecule has 110 valence electrons. The molecule has 1 fully saturated rings. The van der Waals surface area contributed by atoms with E-state index in [4.69, 9.17) is 0 Å². The SMILES string of the molecule is CCCNC(c1cncc(F)c1)C1CC1c1ccccc1. The molecule has 0 aliphatic heterocycles. The summed E-state index contributed by atoms with van der Waals surface area (Å²) < 4.78 is 13.5. The van der Waals surface area contributed by atoms with Gasteiger partial charge in [0.25, 0.3) is 0 Å². The maximum atomic E-state index is 13.5. The zero-order valence-corrected chi connectivity index (χ0v) is 12.3. The van der Waals surface area contributed by atoms with Gasteiger partial charge in [-0.05, 0) is 48.4 Å². The second-order valence-electron chi connectivity index (χ2n) is 5.79. The molecule has 0 saturated heterocycles. The van der Waals surface area contributed by atoms with Crippen LogP contribution < -0.4 is 5.32 Å². The third kappa shape index (κ3) is 3.30. The van der Waals surface area contributed by atoms with Crippen molar-refractivity contribution in [2.45, 2.75) is 31.7 Å². The number of hydrogen-bond donors (Lipinski definition) is 1. The lowest BCUT2D eigenvalue weighted by Gasteiger charge is -2.19. The first kappa shape index (κ1) is 14.2. The molecule has 2 aromatic rings. The molecule has 1 heterocycles. The average molecular weight is 284 g/mol. The minimum atomic E-state index is -0.257. The summed E-state index contributed by atoms with van der Waals surface area (Å²) >= 11 is 0. The van der Waals surface area contributed by atoms with Gasteiger partial charge in [-0.15, -0.1) is 0 Å². The topological polar surface area (TPSA) is 24.9 Å².